The van der Waals surface area contributed by atoms with Crippen LogP contribution in [0.1, 0.15) is 18.4 Å². The minimum atomic E-state index is -0.00820. The summed E-state index contributed by atoms with van der Waals surface area (Å²) in [6.07, 6.45) is 2.34. The molecule has 0 aliphatic carbocycles. The van der Waals surface area contributed by atoms with E-state index >= 15 is 0 Å². The van der Waals surface area contributed by atoms with Crippen molar-refractivity contribution >= 4 is 11.6 Å². The summed E-state index contributed by atoms with van der Waals surface area (Å²) in [4.78, 5) is 0. The van der Waals surface area contributed by atoms with Gasteiger partial charge in [0.25, 0.3) is 0 Å². The zero-order valence-electron chi connectivity index (χ0n) is 8.99. The lowest BCUT2D eigenvalue weighted by Gasteiger charge is -2.12. The first-order chi connectivity index (χ1) is 7.79. The first-order valence-electron chi connectivity index (χ1n) is 5.43. The highest BCUT2D eigenvalue weighted by atomic mass is 35.5. The molecule has 0 radical (unpaired) electrons. The number of rotatable bonds is 4. The molecule has 1 aromatic rings. The lowest BCUT2D eigenvalue weighted by atomic mass is 10.2. The lowest BCUT2D eigenvalue weighted by Crippen LogP contribution is -2.16. The van der Waals surface area contributed by atoms with Crippen molar-refractivity contribution in [3.05, 3.63) is 28.8 Å². The van der Waals surface area contributed by atoms with Crippen LogP contribution in [-0.4, -0.2) is 24.4 Å². The monoisotopic (exact) mass is 242 g/mol. The maximum Gasteiger partial charge on any atom is 0.138 e. The Bertz CT molecular complexity index is 348. The molecule has 1 aliphatic rings. The molecule has 1 saturated heterocycles. The molecule has 1 N–H and O–H groups in total. The Labute approximate surface area is 99.9 Å². The molecule has 0 spiro atoms. The summed E-state index contributed by atoms with van der Waals surface area (Å²) in [6, 6.07) is 5.30. The quantitative estimate of drug-likeness (QED) is 0.881. The molecule has 0 bridgehead atoms. The smallest absolute Gasteiger partial charge is 0.138 e. The number of halogens is 1. The third kappa shape index (κ3) is 2.88. The van der Waals surface area contributed by atoms with Crippen LogP contribution in [0.4, 0.5) is 0 Å². The number of aliphatic hydroxyl groups is 1. The molecule has 1 aliphatic heterocycles. The Morgan fingerprint density at radius 2 is 2.38 bits per heavy atom. The van der Waals surface area contributed by atoms with Gasteiger partial charge in [0, 0.05) is 6.61 Å². The summed E-state index contributed by atoms with van der Waals surface area (Å²) < 4.78 is 11.0. The second-order valence-corrected chi connectivity index (χ2v) is 4.28. The summed E-state index contributed by atoms with van der Waals surface area (Å²) in [6.45, 7) is 1.36. The van der Waals surface area contributed by atoms with Crippen molar-refractivity contribution in [2.45, 2.75) is 25.6 Å². The van der Waals surface area contributed by atoms with Gasteiger partial charge in [-0.3, -0.25) is 0 Å². The molecule has 1 fully saturated rings. The van der Waals surface area contributed by atoms with Crippen LogP contribution in [0, 0.1) is 0 Å². The summed E-state index contributed by atoms with van der Waals surface area (Å²) in [5.74, 6) is 0.648. The van der Waals surface area contributed by atoms with Crippen LogP contribution < -0.4 is 4.74 Å². The van der Waals surface area contributed by atoms with Gasteiger partial charge in [0.2, 0.25) is 0 Å². The predicted molar refractivity (Wildman–Crippen MR) is 61.8 cm³/mol. The highest BCUT2D eigenvalue weighted by molar-refractivity contribution is 6.32. The largest absolute Gasteiger partial charge is 0.489 e. The van der Waals surface area contributed by atoms with Crippen molar-refractivity contribution in [2.24, 2.45) is 0 Å². The van der Waals surface area contributed by atoms with Gasteiger partial charge in [0.05, 0.1) is 17.7 Å². The number of aliphatic hydroxyl groups excluding tert-OH is 1. The van der Waals surface area contributed by atoms with Crippen molar-refractivity contribution in [3.63, 3.8) is 0 Å². The molecular formula is C12H15ClO3. The van der Waals surface area contributed by atoms with Crippen molar-refractivity contribution in [3.8, 4) is 5.75 Å². The number of hydrogen-bond donors (Lipinski definition) is 1. The van der Waals surface area contributed by atoms with Crippen LogP contribution in [0.2, 0.25) is 5.02 Å². The molecule has 3 nitrogen and oxygen atoms in total. The highest BCUT2D eigenvalue weighted by Gasteiger charge is 2.16. The van der Waals surface area contributed by atoms with Gasteiger partial charge in [0.15, 0.2) is 0 Å². The Kier molecular flexibility index (Phi) is 4.04. The van der Waals surface area contributed by atoms with E-state index in [2.05, 4.69) is 0 Å². The van der Waals surface area contributed by atoms with Gasteiger partial charge in [0.1, 0.15) is 12.4 Å². The standard InChI is InChI=1S/C12H15ClO3/c13-11-6-9(7-14)3-4-12(11)16-8-10-2-1-5-15-10/h3-4,6,10,14H,1-2,5,7-8H2. The van der Waals surface area contributed by atoms with Crippen LogP contribution in [-0.2, 0) is 11.3 Å². The summed E-state index contributed by atoms with van der Waals surface area (Å²) in [7, 11) is 0. The third-order valence-electron chi connectivity index (χ3n) is 2.63. The van der Waals surface area contributed by atoms with E-state index in [0.29, 0.717) is 17.4 Å². The van der Waals surface area contributed by atoms with E-state index in [0.717, 1.165) is 25.0 Å². The molecule has 1 unspecified atom stereocenters. The van der Waals surface area contributed by atoms with Gasteiger partial charge < -0.3 is 14.6 Å². The van der Waals surface area contributed by atoms with Crippen LogP contribution in [0.3, 0.4) is 0 Å². The molecular weight excluding hydrogens is 228 g/mol. The Hall–Kier alpha value is -0.770. The van der Waals surface area contributed by atoms with Crippen molar-refractivity contribution in [1.29, 1.82) is 0 Å². The normalized spacial score (nSPS) is 20.0. The SMILES string of the molecule is OCc1ccc(OCC2CCCO2)c(Cl)c1. The highest BCUT2D eigenvalue weighted by Crippen LogP contribution is 2.26. The topological polar surface area (TPSA) is 38.7 Å². The minimum Gasteiger partial charge on any atom is -0.489 e. The second kappa shape index (κ2) is 5.53. The third-order valence-corrected chi connectivity index (χ3v) is 2.92. The van der Waals surface area contributed by atoms with E-state index < -0.39 is 0 Å². The fraction of sp³-hybridized carbons (Fsp3) is 0.500. The summed E-state index contributed by atoms with van der Waals surface area (Å²) in [5.41, 5.74) is 0.787. The van der Waals surface area contributed by atoms with Crippen LogP contribution in [0.15, 0.2) is 18.2 Å². The molecule has 16 heavy (non-hydrogen) atoms. The van der Waals surface area contributed by atoms with E-state index in [1.807, 2.05) is 0 Å². The zero-order chi connectivity index (χ0) is 11.4. The van der Waals surface area contributed by atoms with Crippen molar-refractivity contribution in [1.82, 2.24) is 0 Å². The Balaban J connectivity index is 1.93. The fourth-order valence-electron chi connectivity index (χ4n) is 1.72. The fourth-order valence-corrected chi connectivity index (χ4v) is 1.98. The molecule has 4 heteroatoms. The van der Waals surface area contributed by atoms with Crippen molar-refractivity contribution < 1.29 is 14.6 Å². The average molecular weight is 243 g/mol. The lowest BCUT2D eigenvalue weighted by molar-refractivity contribution is 0.0680. The molecule has 0 aromatic heterocycles. The van der Waals surface area contributed by atoms with Gasteiger partial charge >= 0.3 is 0 Å². The van der Waals surface area contributed by atoms with Crippen LogP contribution in [0.5, 0.6) is 5.75 Å². The molecule has 88 valence electrons. The zero-order valence-corrected chi connectivity index (χ0v) is 9.74. The molecule has 1 atom stereocenters. The minimum absolute atomic E-state index is 0.00820. The van der Waals surface area contributed by atoms with Gasteiger partial charge in [-0.15, -0.1) is 0 Å². The van der Waals surface area contributed by atoms with Crippen LogP contribution in [0.25, 0.3) is 0 Å². The van der Waals surface area contributed by atoms with Crippen LogP contribution >= 0.6 is 11.6 Å². The van der Waals surface area contributed by atoms with Gasteiger partial charge in [-0.05, 0) is 30.5 Å². The molecule has 2 rings (SSSR count). The maximum atomic E-state index is 8.94. The number of hydrogen-bond acceptors (Lipinski definition) is 3. The molecule has 0 amide bonds. The van der Waals surface area contributed by atoms with E-state index in [1.54, 1.807) is 18.2 Å². The van der Waals surface area contributed by atoms with Gasteiger partial charge in [-0.2, -0.15) is 0 Å². The predicted octanol–water partition coefficient (Wildman–Crippen LogP) is 2.39. The van der Waals surface area contributed by atoms with Gasteiger partial charge in [-0.25, -0.2) is 0 Å². The summed E-state index contributed by atoms with van der Waals surface area (Å²) in [5, 5.41) is 9.47. The van der Waals surface area contributed by atoms with Gasteiger partial charge in [-0.1, -0.05) is 17.7 Å². The van der Waals surface area contributed by atoms with E-state index in [4.69, 9.17) is 26.2 Å². The number of benzene rings is 1. The molecule has 1 aromatic carbocycles. The first-order valence-corrected chi connectivity index (χ1v) is 5.81. The number of ether oxygens (including phenoxy) is 2. The average Bonchev–Trinajstić information content (AvgIpc) is 2.80. The van der Waals surface area contributed by atoms with E-state index in [-0.39, 0.29) is 12.7 Å². The molecule has 1 heterocycles. The maximum absolute atomic E-state index is 8.94. The van der Waals surface area contributed by atoms with Crippen molar-refractivity contribution in [2.75, 3.05) is 13.2 Å². The molecule has 0 saturated carbocycles. The first kappa shape index (κ1) is 11.7. The van der Waals surface area contributed by atoms with E-state index in [9.17, 15) is 0 Å². The summed E-state index contributed by atoms with van der Waals surface area (Å²) >= 11 is 6.02. The second-order valence-electron chi connectivity index (χ2n) is 3.87. The Morgan fingerprint density at radius 1 is 1.50 bits per heavy atom. The van der Waals surface area contributed by atoms with E-state index in [1.165, 1.54) is 0 Å². The Morgan fingerprint density at radius 3 is 3.00 bits per heavy atom.